The van der Waals surface area contributed by atoms with Crippen LogP contribution in [0.25, 0.3) is 21.8 Å². The lowest BCUT2D eigenvalue weighted by Gasteiger charge is -2.23. The molecule has 4 rings (SSSR count). The van der Waals surface area contributed by atoms with Gasteiger partial charge in [0.05, 0.1) is 59.7 Å². The highest BCUT2D eigenvalue weighted by Gasteiger charge is 2.19. The van der Waals surface area contributed by atoms with Crippen LogP contribution < -0.4 is 22.1 Å². The third-order valence-corrected chi connectivity index (χ3v) is 5.48. The van der Waals surface area contributed by atoms with E-state index in [0.29, 0.717) is 41.2 Å². The van der Waals surface area contributed by atoms with Gasteiger partial charge < -0.3 is 5.11 Å². The van der Waals surface area contributed by atoms with E-state index in [-0.39, 0.29) is 29.8 Å². The van der Waals surface area contributed by atoms with Crippen molar-refractivity contribution in [2.75, 3.05) is 13.2 Å². The highest BCUT2D eigenvalue weighted by atomic mass is 16.3. The molecule has 3 heterocycles. The first-order chi connectivity index (χ1) is 14.6. The number of benzene rings is 1. The van der Waals surface area contributed by atoms with Crippen molar-refractivity contribution in [1.82, 2.24) is 35.2 Å². The molecule has 0 saturated carbocycles. The maximum atomic E-state index is 13.2. The fraction of sp³-hybridized carbons (Fsp3) is 0.421. The summed E-state index contributed by atoms with van der Waals surface area (Å²) in [5.74, 6) is 0. The molecule has 2 aromatic heterocycles. The predicted octanol–water partition coefficient (Wildman–Crippen LogP) is 0.269. The van der Waals surface area contributed by atoms with Crippen molar-refractivity contribution in [3.05, 3.63) is 45.5 Å². The average Bonchev–Trinajstić information content (AvgIpc) is 3.27. The van der Waals surface area contributed by atoms with Gasteiger partial charge in [0.2, 0.25) is 0 Å². The molecule has 158 valence electrons. The van der Waals surface area contributed by atoms with Crippen molar-refractivity contribution in [1.29, 1.82) is 0 Å². The van der Waals surface area contributed by atoms with E-state index in [1.54, 1.807) is 21.8 Å². The number of hydrazine groups is 2. The fourth-order valence-corrected chi connectivity index (χ4v) is 3.64. The van der Waals surface area contributed by atoms with Crippen LogP contribution in [-0.4, -0.2) is 48.8 Å². The maximum Gasteiger partial charge on any atom is 0.261 e. The van der Waals surface area contributed by atoms with Crippen molar-refractivity contribution < 1.29 is 5.11 Å². The summed E-state index contributed by atoms with van der Waals surface area (Å²) in [5, 5.41) is 15.9. The number of aliphatic hydroxyl groups excluding tert-OH is 1. The smallest absolute Gasteiger partial charge is 0.261 e. The van der Waals surface area contributed by atoms with Crippen molar-refractivity contribution in [3.8, 4) is 0 Å². The molecular weight excluding hydrogens is 388 g/mol. The van der Waals surface area contributed by atoms with E-state index in [4.69, 9.17) is 0 Å². The van der Waals surface area contributed by atoms with Gasteiger partial charge in [0.25, 0.3) is 11.1 Å². The summed E-state index contributed by atoms with van der Waals surface area (Å²) >= 11 is 0. The minimum atomic E-state index is -0.340. The zero-order valence-electron chi connectivity index (χ0n) is 16.8. The van der Waals surface area contributed by atoms with Gasteiger partial charge in [-0.1, -0.05) is 13.8 Å². The van der Waals surface area contributed by atoms with Gasteiger partial charge in [0, 0.05) is 0 Å². The Morgan fingerprint density at radius 1 is 0.967 bits per heavy atom. The maximum absolute atomic E-state index is 13.2. The number of hydrogen-bond acceptors (Lipinski definition) is 9. The molecule has 11 nitrogen and oxygen atoms in total. The third kappa shape index (κ3) is 3.42. The number of hydrogen-bond donors (Lipinski definition) is 3. The number of nitrogens with one attached hydrogen (secondary N) is 2. The molecule has 3 aromatic rings. The molecule has 1 aliphatic rings. The summed E-state index contributed by atoms with van der Waals surface area (Å²) in [6, 6.07) is 2.74. The zero-order chi connectivity index (χ0) is 21.3. The summed E-state index contributed by atoms with van der Waals surface area (Å²) < 4.78 is 3.02. The van der Waals surface area contributed by atoms with Crippen molar-refractivity contribution in [2.24, 2.45) is 5.10 Å². The summed E-state index contributed by atoms with van der Waals surface area (Å²) in [5.41, 5.74) is 6.14. The molecule has 30 heavy (non-hydrogen) atoms. The Labute approximate surface area is 171 Å². The molecule has 0 amide bonds. The SMILES string of the molecule is CC[C@H](CO)n1cnc2cc3c(=O)n([C@H](CC)CN4NC=NN4)cnc3cc2c1=O. The van der Waals surface area contributed by atoms with Gasteiger partial charge in [-0.3, -0.25) is 24.1 Å². The monoisotopic (exact) mass is 412 g/mol. The first-order valence-corrected chi connectivity index (χ1v) is 9.90. The van der Waals surface area contributed by atoms with Crippen LogP contribution in [0.4, 0.5) is 0 Å². The van der Waals surface area contributed by atoms with Gasteiger partial charge in [-0.2, -0.15) is 5.10 Å². The van der Waals surface area contributed by atoms with E-state index in [1.165, 1.54) is 23.6 Å². The molecule has 0 radical (unpaired) electrons. The Morgan fingerprint density at radius 3 is 2.00 bits per heavy atom. The van der Waals surface area contributed by atoms with E-state index in [0.717, 1.165) is 0 Å². The lowest BCUT2D eigenvalue weighted by Crippen LogP contribution is -2.44. The first kappa shape index (κ1) is 20.0. The van der Waals surface area contributed by atoms with Gasteiger partial charge in [0.1, 0.15) is 6.34 Å². The van der Waals surface area contributed by atoms with Crippen LogP contribution in [0.3, 0.4) is 0 Å². The van der Waals surface area contributed by atoms with Crippen LogP contribution in [0, 0.1) is 0 Å². The van der Waals surface area contributed by atoms with Gasteiger partial charge in [0.15, 0.2) is 0 Å². The second-order valence-corrected chi connectivity index (χ2v) is 7.21. The number of hydrazone groups is 1. The zero-order valence-corrected chi connectivity index (χ0v) is 16.8. The molecule has 0 fully saturated rings. The molecule has 3 N–H and O–H groups in total. The van der Waals surface area contributed by atoms with Crippen molar-refractivity contribution >= 4 is 28.1 Å². The lowest BCUT2D eigenvalue weighted by atomic mass is 10.1. The Kier molecular flexibility index (Phi) is 5.46. The summed E-state index contributed by atoms with van der Waals surface area (Å²) in [7, 11) is 0. The molecule has 1 aromatic carbocycles. The molecule has 0 aliphatic carbocycles. The van der Waals surface area contributed by atoms with Crippen molar-refractivity contribution in [3.63, 3.8) is 0 Å². The number of nitrogens with zero attached hydrogens (tertiary/aromatic N) is 6. The minimum absolute atomic E-state index is 0.136. The predicted molar refractivity (Wildman–Crippen MR) is 113 cm³/mol. The van der Waals surface area contributed by atoms with Gasteiger partial charge >= 0.3 is 0 Å². The number of fused-ring (bicyclic) bond motifs is 2. The molecular formula is C19H24N8O3. The number of aliphatic hydroxyl groups is 1. The highest BCUT2D eigenvalue weighted by Crippen LogP contribution is 2.18. The van der Waals surface area contributed by atoms with Gasteiger partial charge in [-0.25, -0.2) is 15.5 Å². The Hall–Kier alpha value is -3.31. The van der Waals surface area contributed by atoms with Crippen LogP contribution in [0.2, 0.25) is 0 Å². The summed E-state index contributed by atoms with van der Waals surface area (Å²) in [6.07, 6.45) is 5.78. The molecule has 0 bridgehead atoms. The van der Waals surface area contributed by atoms with E-state index in [9.17, 15) is 14.7 Å². The van der Waals surface area contributed by atoms with E-state index in [2.05, 4.69) is 26.0 Å². The second-order valence-electron chi connectivity index (χ2n) is 7.21. The van der Waals surface area contributed by atoms with E-state index >= 15 is 0 Å². The molecule has 0 saturated heterocycles. The third-order valence-electron chi connectivity index (χ3n) is 5.48. The van der Waals surface area contributed by atoms with Gasteiger partial charge in [-0.05, 0) is 25.0 Å². The van der Waals surface area contributed by atoms with Crippen molar-refractivity contribution in [2.45, 2.75) is 38.8 Å². The first-order valence-electron chi connectivity index (χ1n) is 9.90. The van der Waals surface area contributed by atoms with Crippen LogP contribution >= 0.6 is 0 Å². The quantitative estimate of drug-likeness (QED) is 0.472. The molecule has 0 unspecified atom stereocenters. The van der Waals surface area contributed by atoms with Crippen LogP contribution in [0.5, 0.6) is 0 Å². The summed E-state index contributed by atoms with van der Waals surface area (Å²) in [4.78, 5) is 34.9. The Morgan fingerprint density at radius 2 is 1.53 bits per heavy atom. The normalized spacial score (nSPS) is 16.0. The molecule has 2 atom stereocenters. The topological polar surface area (TPSA) is 130 Å². The molecule has 1 aliphatic heterocycles. The number of rotatable bonds is 7. The average molecular weight is 412 g/mol. The van der Waals surface area contributed by atoms with E-state index < -0.39 is 0 Å². The van der Waals surface area contributed by atoms with Crippen LogP contribution in [0.15, 0.2) is 39.5 Å². The highest BCUT2D eigenvalue weighted by molar-refractivity contribution is 5.93. The number of aromatic nitrogens is 4. The van der Waals surface area contributed by atoms with Crippen LogP contribution in [-0.2, 0) is 0 Å². The Bertz CT molecular complexity index is 1210. The fourth-order valence-electron chi connectivity index (χ4n) is 3.64. The lowest BCUT2D eigenvalue weighted by molar-refractivity contribution is 0.147. The molecule has 11 heteroatoms. The largest absolute Gasteiger partial charge is 0.394 e. The summed E-state index contributed by atoms with van der Waals surface area (Å²) in [6.45, 7) is 4.24. The molecule has 0 spiro atoms. The second kappa shape index (κ2) is 8.20. The minimum Gasteiger partial charge on any atom is -0.394 e. The van der Waals surface area contributed by atoms with Gasteiger partial charge in [-0.15, -0.1) is 5.12 Å². The Balaban J connectivity index is 1.80. The van der Waals surface area contributed by atoms with E-state index in [1.807, 2.05) is 13.8 Å². The van der Waals surface area contributed by atoms with Crippen LogP contribution in [0.1, 0.15) is 38.8 Å². The standard InChI is InChI=1S/C19H24N8O3/c1-3-12(7-27-23-9-22-24-27)25-10-20-16-6-15-17(5-14(16)18(25)29)21-11-26(19(15)30)13(4-2)8-28/h5-6,9-13,24,28H,3-4,7-8H2,1-2H3,(H,22,23)/t12-,13-/m1/s1.